The summed E-state index contributed by atoms with van der Waals surface area (Å²) in [4.78, 5) is 0. The molecule has 0 aliphatic heterocycles. The van der Waals surface area contributed by atoms with Crippen LogP contribution in [-0.4, -0.2) is 29.0 Å². The molecular weight excluding hydrogens is 350 g/mol. The molecule has 3 aliphatic carbocycles. The lowest BCUT2D eigenvalue weighted by atomic mass is 9.51. The van der Waals surface area contributed by atoms with Crippen molar-refractivity contribution in [1.29, 1.82) is 0 Å². The standard InChI is InChI=1S/C24H37NO3/c1-16-6-7-20-19(15-25-14-18-5-4-12-28-18)21(9-11-23(16,20)2)24(3)10-8-17(26)13-22(24)27/h4-5,12,17,19-22,25-27H,1,6-11,13-15H2,2-3H3. The Morgan fingerprint density at radius 3 is 2.71 bits per heavy atom. The van der Waals surface area contributed by atoms with Gasteiger partial charge >= 0.3 is 0 Å². The Hall–Kier alpha value is -1.10. The summed E-state index contributed by atoms with van der Waals surface area (Å²) in [5.74, 6) is 2.59. The van der Waals surface area contributed by atoms with E-state index in [0.717, 1.165) is 44.5 Å². The second kappa shape index (κ2) is 7.62. The summed E-state index contributed by atoms with van der Waals surface area (Å²) < 4.78 is 5.49. The first-order valence-electron chi connectivity index (χ1n) is 11.1. The fraction of sp³-hybridized carbons (Fsp3) is 0.750. The van der Waals surface area contributed by atoms with Crippen LogP contribution in [0.4, 0.5) is 0 Å². The number of allylic oxidation sites excluding steroid dienone is 1. The van der Waals surface area contributed by atoms with Crippen molar-refractivity contribution < 1.29 is 14.6 Å². The van der Waals surface area contributed by atoms with Gasteiger partial charge in [0.15, 0.2) is 0 Å². The van der Waals surface area contributed by atoms with Gasteiger partial charge in [0.2, 0.25) is 0 Å². The van der Waals surface area contributed by atoms with Crippen LogP contribution in [0.1, 0.15) is 64.6 Å². The number of hydrogen-bond donors (Lipinski definition) is 3. The van der Waals surface area contributed by atoms with E-state index in [-0.39, 0.29) is 16.9 Å². The zero-order valence-electron chi connectivity index (χ0n) is 17.5. The molecule has 3 fully saturated rings. The first-order chi connectivity index (χ1) is 13.3. The Labute approximate surface area is 169 Å². The summed E-state index contributed by atoms with van der Waals surface area (Å²) >= 11 is 0. The van der Waals surface area contributed by atoms with Crippen molar-refractivity contribution in [3.8, 4) is 0 Å². The minimum Gasteiger partial charge on any atom is -0.468 e. The normalized spacial score (nSPS) is 43.9. The van der Waals surface area contributed by atoms with Crippen molar-refractivity contribution in [2.45, 2.75) is 77.5 Å². The summed E-state index contributed by atoms with van der Waals surface area (Å²) in [5, 5.41) is 24.7. The van der Waals surface area contributed by atoms with Crippen LogP contribution < -0.4 is 5.32 Å². The smallest absolute Gasteiger partial charge is 0.117 e. The number of hydrogen-bond acceptors (Lipinski definition) is 4. The van der Waals surface area contributed by atoms with Crippen LogP contribution in [0.25, 0.3) is 0 Å². The highest BCUT2D eigenvalue weighted by atomic mass is 16.3. The molecule has 1 aromatic rings. The van der Waals surface area contributed by atoms with Crippen LogP contribution in [0.3, 0.4) is 0 Å². The number of aliphatic hydroxyl groups excluding tert-OH is 2. The van der Waals surface area contributed by atoms with Crippen molar-refractivity contribution in [2.75, 3.05) is 6.54 Å². The number of rotatable bonds is 5. The minimum atomic E-state index is -0.414. The summed E-state index contributed by atoms with van der Waals surface area (Å²) in [5.41, 5.74) is 1.56. The van der Waals surface area contributed by atoms with Gasteiger partial charge in [0.25, 0.3) is 0 Å². The average Bonchev–Trinajstić information content (AvgIpc) is 3.27. The summed E-state index contributed by atoms with van der Waals surface area (Å²) in [6, 6.07) is 3.95. The number of aliphatic hydroxyl groups is 2. The highest BCUT2D eigenvalue weighted by Crippen LogP contribution is 2.62. The van der Waals surface area contributed by atoms with Gasteiger partial charge < -0.3 is 19.9 Å². The fourth-order valence-electron chi connectivity index (χ4n) is 6.79. The fourth-order valence-corrected chi connectivity index (χ4v) is 6.79. The van der Waals surface area contributed by atoms with Gasteiger partial charge in [0.05, 0.1) is 25.0 Å². The zero-order valence-corrected chi connectivity index (χ0v) is 17.5. The predicted octanol–water partition coefficient (Wildman–Crippen LogP) is 4.28. The van der Waals surface area contributed by atoms with E-state index in [1.54, 1.807) is 6.26 Å². The van der Waals surface area contributed by atoms with E-state index in [1.165, 1.54) is 18.4 Å². The van der Waals surface area contributed by atoms with Gasteiger partial charge in [-0.25, -0.2) is 0 Å². The lowest BCUT2D eigenvalue weighted by molar-refractivity contribution is -0.118. The van der Waals surface area contributed by atoms with Crippen LogP contribution in [-0.2, 0) is 6.54 Å². The predicted molar refractivity (Wildman–Crippen MR) is 111 cm³/mol. The third kappa shape index (κ3) is 3.38. The van der Waals surface area contributed by atoms with Crippen LogP contribution in [0.2, 0.25) is 0 Å². The van der Waals surface area contributed by atoms with Crippen LogP contribution >= 0.6 is 0 Å². The lowest BCUT2D eigenvalue weighted by Gasteiger charge is -2.55. The van der Waals surface area contributed by atoms with Gasteiger partial charge in [-0.05, 0) is 92.2 Å². The van der Waals surface area contributed by atoms with Gasteiger partial charge in [0, 0.05) is 0 Å². The zero-order chi connectivity index (χ0) is 19.9. The number of furan rings is 1. The van der Waals surface area contributed by atoms with Crippen molar-refractivity contribution in [1.82, 2.24) is 5.32 Å². The molecule has 3 saturated carbocycles. The summed E-state index contributed by atoms with van der Waals surface area (Å²) in [6.07, 6.45) is 7.89. The van der Waals surface area contributed by atoms with Crippen LogP contribution in [0.15, 0.2) is 35.0 Å². The maximum Gasteiger partial charge on any atom is 0.117 e. The highest BCUT2D eigenvalue weighted by Gasteiger charge is 2.56. The molecule has 0 radical (unpaired) electrons. The van der Waals surface area contributed by atoms with Crippen molar-refractivity contribution in [3.63, 3.8) is 0 Å². The monoisotopic (exact) mass is 387 g/mol. The molecule has 7 atom stereocenters. The molecule has 4 rings (SSSR count). The molecule has 4 heteroatoms. The molecular formula is C24H37NO3. The summed E-state index contributed by atoms with van der Waals surface area (Å²) in [6.45, 7) is 10.8. The Morgan fingerprint density at radius 2 is 2.00 bits per heavy atom. The topological polar surface area (TPSA) is 65.6 Å². The molecule has 28 heavy (non-hydrogen) atoms. The molecule has 1 heterocycles. The van der Waals surface area contributed by atoms with Crippen molar-refractivity contribution in [2.24, 2.45) is 28.6 Å². The Balaban J connectivity index is 1.56. The van der Waals surface area contributed by atoms with E-state index >= 15 is 0 Å². The quantitative estimate of drug-likeness (QED) is 0.660. The SMILES string of the molecule is C=C1CCC2C(CNCc3ccco3)C(C3(C)CCC(O)CC3O)CCC12C. The third-order valence-electron chi connectivity index (χ3n) is 8.77. The van der Waals surface area contributed by atoms with E-state index in [4.69, 9.17) is 4.42 Å². The maximum atomic E-state index is 11.0. The number of nitrogens with one attached hydrogen (secondary N) is 1. The van der Waals surface area contributed by atoms with Crippen LogP contribution in [0.5, 0.6) is 0 Å². The lowest BCUT2D eigenvalue weighted by Crippen LogP contribution is -2.54. The first-order valence-corrected chi connectivity index (χ1v) is 11.1. The van der Waals surface area contributed by atoms with Gasteiger partial charge in [-0.3, -0.25) is 0 Å². The van der Waals surface area contributed by atoms with E-state index < -0.39 is 6.10 Å². The molecule has 0 amide bonds. The molecule has 4 nitrogen and oxygen atoms in total. The van der Waals surface area contributed by atoms with E-state index in [9.17, 15) is 10.2 Å². The minimum absolute atomic E-state index is 0.110. The average molecular weight is 388 g/mol. The van der Waals surface area contributed by atoms with Gasteiger partial charge in [0.1, 0.15) is 5.76 Å². The van der Waals surface area contributed by atoms with E-state index in [0.29, 0.717) is 24.2 Å². The highest BCUT2D eigenvalue weighted by molar-refractivity contribution is 5.21. The van der Waals surface area contributed by atoms with Gasteiger partial charge in [-0.1, -0.05) is 26.0 Å². The molecule has 1 aromatic heterocycles. The molecule has 0 bridgehead atoms. The van der Waals surface area contributed by atoms with E-state index in [2.05, 4.69) is 25.7 Å². The molecule has 3 aliphatic rings. The molecule has 0 spiro atoms. The second-order valence-corrected chi connectivity index (χ2v) is 10.1. The Bertz CT molecular complexity index is 686. The first kappa shape index (κ1) is 20.2. The molecule has 0 saturated heterocycles. The Morgan fingerprint density at radius 1 is 1.18 bits per heavy atom. The summed E-state index contributed by atoms with van der Waals surface area (Å²) in [7, 11) is 0. The molecule has 7 unspecified atom stereocenters. The molecule has 3 N–H and O–H groups in total. The third-order valence-corrected chi connectivity index (χ3v) is 8.77. The largest absolute Gasteiger partial charge is 0.468 e. The second-order valence-electron chi connectivity index (χ2n) is 10.1. The number of fused-ring (bicyclic) bond motifs is 1. The Kier molecular flexibility index (Phi) is 5.49. The molecule has 156 valence electrons. The molecule has 0 aromatic carbocycles. The van der Waals surface area contributed by atoms with Gasteiger partial charge in [-0.2, -0.15) is 0 Å². The maximum absolute atomic E-state index is 11.0. The van der Waals surface area contributed by atoms with Crippen molar-refractivity contribution in [3.05, 3.63) is 36.3 Å². The van der Waals surface area contributed by atoms with E-state index in [1.807, 2.05) is 12.1 Å². The van der Waals surface area contributed by atoms with Gasteiger partial charge in [-0.15, -0.1) is 0 Å². The van der Waals surface area contributed by atoms with Crippen LogP contribution in [0, 0.1) is 28.6 Å². The van der Waals surface area contributed by atoms with Crippen molar-refractivity contribution >= 4 is 0 Å².